The predicted molar refractivity (Wildman–Crippen MR) is 580 cm³/mol. The maximum Gasteiger partial charge on any atom is 0.252 e. The minimum absolute atomic E-state index is 0.0926. The first-order valence-corrected chi connectivity index (χ1v) is 47.7. The van der Waals surface area contributed by atoms with Gasteiger partial charge in [-0.05, 0) is 249 Å². The monoisotopic (exact) mass is 1780 g/mol. The lowest BCUT2D eigenvalue weighted by atomic mass is 9.33. The first-order valence-electron chi connectivity index (χ1n) is 52.7. The molecule has 20 aromatic rings. The molecule has 0 atom stereocenters. The van der Waals surface area contributed by atoms with Crippen molar-refractivity contribution >= 4 is 123 Å². The van der Waals surface area contributed by atoms with Gasteiger partial charge in [0.05, 0.1) is 63.9 Å². The molecule has 0 fully saturated rings. The molecule has 0 bridgehead atoms. The van der Waals surface area contributed by atoms with E-state index in [0.29, 0.717) is 11.3 Å². The molecule has 136 heavy (non-hydrogen) atoms. The molecule has 2 aliphatic heterocycles. The Morgan fingerprint density at radius 2 is 0.544 bits per heavy atom. The van der Waals surface area contributed by atoms with E-state index in [-0.39, 0.29) is 49.4 Å². The number of benzene rings is 16. The molecule has 0 aliphatic carbocycles. The highest BCUT2D eigenvalue weighted by Gasteiger charge is 2.47. The van der Waals surface area contributed by atoms with Crippen LogP contribution in [0.5, 0.6) is 0 Å². The Kier molecular flexibility index (Phi) is 17.7. The molecule has 0 amide bonds. The van der Waals surface area contributed by atoms with Crippen molar-refractivity contribution < 1.29 is 13.7 Å². The van der Waals surface area contributed by atoms with Crippen molar-refractivity contribution in [2.75, 3.05) is 9.80 Å². The Hall–Kier alpha value is -14.4. The molecule has 0 saturated carbocycles. The second-order valence-corrected chi connectivity index (χ2v) is 44.7. The molecule has 0 saturated heterocycles. The average Bonchev–Trinajstić information content (AvgIpc) is 0.971. The normalized spacial score (nSPS) is 14.3. The van der Waals surface area contributed by atoms with E-state index >= 15 is 0 Å². The second kappa shape index (κ2) is 31.6. The Morgan fingerprint density at radius 3 is 0.912 bits per heavy atom. The number of anilines is 6. The molecule has 9 heteroatoms. The standard InChI is InChI=1S/C127H119BN8/c1-121(2,3)84-48-59-106-96(66-84)97-67-85(122(4,5)6)49-60-107(97)132(106)91-54-56-103-112(74-91)135(105-58-47-83(78-37-27-22-28-38-78)65-94(105)79-39-29-23-30-40-79)114-76-93(134-110-63-52-88(125(13,14)15)70-100(110)101-71-89(126(16,17)18)53-64-111(101)134)77-115-116(114)128(103)104-57-55-92(133-108-61-50-86(123(7,8)9)68-98(108)99-69-87(124(10,11)12)51-62-109(99)133)75-113(104)136(115)117-95(80-41-31-24-32-42-80)72-90(127(19,20)21)73-102(117)120-130-118(81-43-33-25-34-44-81)129-119(131-120)82-45-35-26-36-46-82/h22-77H,1-21H3/i25D,26D,33D,34D,35D,36D,43D,44D,45D,46D. The Bertz CT molecular complexity index is 8550. The summed E-state index contributed by atoms with van der Waals surface area (Å²) in [6.07, 6.45) is 0. The zero-order chi connectivity index (χ0) is 103. The minimum atomic E-state index is -0.682. The van der Waals surface area contributed by atoms with Crippen molar-refractivity contribution in [1.29, 1.82) is 0 Å². The summed E-state index contributed by atoms with van der Waals surface area (Å²) < 4.78 is 102. The van der Waals surface area contributed by atoms with Gasteiger partial charge in [0, 0.05) is 94.3 Å². The molecule has 0 unspecified atom stereocenters. The predicted octanol–water partition coefficient (Wildman–Crippen LogP) is 32.3. The second-order valence-electron chi connectivity index (χ2n) is 44.7. The highest BCUT2D eigenvalue weighted by molar-refractivity contribution is 7.00. The fraction of sp³-hybridized carbons (Fsp3) is 0.220. The van der Waals surface area contributed by atoms with E-state index in [1.54, 1.807) is 0 Å². The van der Waals surface area contributed by atoms with Crippen LogP contribution in [-0.4, -0.2) is 35.4 Å². The molecule has 670 valence electrons. The van der Waals surface area contributed by atoms with E-state index < -0.39 is 84.2 Å². The highest BCUT2D eigenvalue weighted by Crippen LogP contribution is 2.56. The summed E-state index contributed by atoms with van der Waals surface area (Å²) in [6.45, 7) is 46.9. The smallest absolute Gasteiger partial charge is 0.252 e. The van der Waals surface area contributed by atoms with Gasteiger partial charge in [0.1, 0.15) is 0 Å². The third kappa shape index (κ3) is 14.8. The fourth-order valence-corrected chi connectivity index (χ4v) is 20.7. The zero-order valence-electron chi connectivity index (χ0n) is 91.7. The highest BCUT2D eigenvalue weighted by atomic mass is 15.2. The van der Waals surface area contributed by atoms with Gasteiger partial charge in [0.15, 0.2) is 17.5 Å². The van der Waals surface area contributed by atoms with Crippen molar-refractivity contribution in [2.45, 2.75) is 183 Å². The lowest BCUT2D eigenvalue weighted by Gasteiger charge is -2.46. The van der Waals surface area contributed by atoms with E-state index in [9.17, 15) is 11.0 Å². The Labute approximate surface area is 816 Å². The van der Waals surface area contributed by atoms with Crippen LogP contribution in [0.15, 0.2) is 339 Å². The Morgan fingerprint density at radius 1 is 0.228 bits per heavy atom. The van der Waals surface area contributed by atoms with Gasteiger partial charge < -0.3 is 23.5 Å². The number of fused-ring (bicyclic) bond motifs is 13. The van der Waals surface area contributed by atoms with Crippen LogP contribution in [0.1, 0.15) is 198 Å². The molecule has 8 nitrogen and oxygen atoms in total. The van der Waals surface area contributed by atoms with Crippen molar-refractivity contribution in [3.63, 3.8) is 0 Å². The number of aromatic nitrogens is 6. The largest absolute Gasteiger partial charge is 0.311 e. The first-order chi connectivity index (χ1) is 69.0. The molecular formula is C127H119BN8. The summed E-state index contributed by atoms with van der Waals surface area (Å²) in [5, 5.41) is 6.69. The van der Waals surface area contributed by atoms with Crippen molar-refractivity contribution in [3.05, 3.63) is 378 Å². The summed E-state index contributed by atoms with van der Waals surface area (Å²) in [6, 6.07) is 97.7. The number of hydrogen-bond donors (Lipinski definition) is 0. The zero-order valence-corrected chi connectivity index (χ0v) is 81.7. The molecule has 16 aromatic carbocycles. The van der Waals surface area contributed by atoms with Crippen LogP contribution in [-0.2, 0) is 37.9 Å². The van der Waals surface area contributed by atoms with E-state index in [4.69, 9.17) is 17.7 Å². The van der Waals surface area contributed by atoms with E-state index in [0.717, 1.165) is 166 Å². The van der Waals surface area contributed by atoms with Crippen molar-refractivity contribution in [3.8, 4) is 84.6 Å². The number of rotatable bonds is 11. The summed E-state index contributed by atoms with van der Waals surface area (Å²) >= 11 is 0. The van der Waals surface area contributed by atoms with Crippen LogP contribution >= 0.6 is 0 Å². The van der Waals surface area contributed by atoms with Gasteiger partial charge in [-0.15, -0.1) is 0 Å². The first kappa shape index (κ1) is 75.9. The van der Waals surface area contributed by atoms with Crippen LogP contribution in [0, 0.1) is 0 Å². The SMILES string of the molecule is [2H]c1c([2H])c([2H])c(-c2nc(-c3cc(C(C)(C)C)cc(-c4ccccc4)c3N3c4cc(-n5c6ccc(C(C)(C)C)cc6c6cc(C(C)(C)C)ccc65)ccc4B4c5ccc(-n6c7ccc(C(C)(C)C)cc7c7cc(C(C)(C)C)ccc76)cc5N(c5ccc(-c6ccccc6)cc5-c5ccccc5)c5cc(-n6c7ccc(C(C)(C)C)cc7c7cc(C(C)(C)C)ccc76)cc3c54)nc(-c3c([2H])c([2H])c([2H])c([2H])c3[2H])n2)c([2H])c1[2H]. The Balaban J connectivity index is 0.971. The summed E-state index contributed by atoms with van der Waals surface area (Å²) in [5.41, 5.74) is 27.6. The lowest BCUT2D eigenvalue weighted by molar-refractivity contribution is 0.590. The van der Waals surface area contributed by atoms with Gasteiger partial charge in [-0.1, -0.05) is 351 Å². The molecule has 0 spiro atoms. The van der Waals surface area contributed by atoms with E-state index in [1.165, 1.54) is 33.4 Å². The quantitative estimate of drug-likeness (QED) is 0.121. The van der Waals surface area contributed by atoms with Gasteiger partial charge in [-0.3, -0.25) is 0 Å². The van der Waals surface area contributed by atoms with Crippen LogP contribution in [0.2, 0.25) is 0 Å². The minimum Gasteiger partial charge on any atom is -0.311 e. The summed E-state index contributed by atoms with van der Waals surface area (Å²) in [4.78, 5) is 21.1. The molecular weight excluding hydrogens is 1650 g/mol. The van der Waals surface area contributed by atoms with Crippen LogP contribution < -0.4 is 26.2 Å². The molecule has 0 N–H and O–H groups in total. The van der Waals surface area contributed by atoms with Gasteiger partial charge in [-0.25, -0.2) is 15.0 Å². The van der Waals surface area contributed by atoms with Crippen LogP contribution in [0.4, 0.5) is 34.1 Å². The summed E-state index contributed by atoms with van der Waals surface area (Å²) in [5.74, 6) is -0.873. The molecule has 6 heterocycles. The average molecular weight is 1780 g/mol. The van der Waals surface area contributed by atoms with E-state index in [1.807, 2.05) is 18.2 Å². The topological polar surface area (TPSA) is 59.9 Å². The van der Waals surface area contributed by atoms with Crippen LogP contribution in [0.3, 0.4) is 0 Å². The lowest BCUT2D eigenvalue weighted by Crippen LogP contribution is -2.61. The number of hydrogen-bond acceptors (Lipinski definition) is 5. The van der Waals surface area contributed by atoms with Crippen molar-refractivity contribution in [1.82, 2.24) is 28.7 Å². The van der Waals surface area contributed by atoms with Crippen LogP contribution in [0.25, 0.3) is 150 Å². The molecule has 0 radical (unpaired) electrons. The third-order valence-electron chi connectivity index (χ3n) is 28.3. The van der Waals surface area contributed by atoms with E-state index in [2.05, 4.69) is 430 Å². The maximum atomic E-state index is 9.86. The molecule has 4 aromatic heterocycles. The molecule has 2 aliphatic rings. The van der Waals surface area contributed by atoms with Crippen molar-refractivity contribution in [2.24, 2.45) is 0 Å². The maximum absolute atomic E-state index is 9.86. The van der Waals surface area contributed by atoms with Gasteiger partial charge in [0.25, 0.3) is 6.71 Å². The number of nitrogens with zero attached hydrogens (tertiary/aromatic N) is 8. The molecule has 22 rings (SSSR count). The van der Waals surface area contributed by atoms with Gasteiger partial charge in [-0.2, -0.15) is 0 Å². The van der Waals surface area contributed by atoms with Gasteiger partial charge >= 0.3 is 0 Å². The summed E-state index contributed by atoms with van der Waals surface area (Å²) in [7, 11) is 0. The fourth-order valence-electron chi connectivity index (χ4n) is 20.7. The van der Waals surface area contributed by atoms with Gasteiger partial charge in [0.2, 0.25) is 0 Å². The third-order valence-corrected chi connectivity index (χ3v) is 28.3.